The van der Waals surface area contributed by atoms with Gasteiger partial charge < -0.3 is 34.7 Å². The number of nitrogens with zero attached hydrogens (tertiary/aromatic N) is 5. The van der Waals surface area contributed by atoms with E-state index in [4.69, 9.17) is 25.0 Å². The third-order valence-electron chi connectivity index (χ3n) is 10.1. The number of pyridine rings is 2. The van der Waals surface area contributed by atoms with Crippen LogP contribution >= 0.6 is 0 Å². The lowest BCUT2D eigenvalue weighted by atomic mass is 9.78. The molecule has 2 aliphatic heterocycles. The number of fused-ring (bicyclic) bond motifs is 2. The molecule has 1 aliphatic carbocycles. The third-order valence-corrected chi connectivity index (χ3v) is 10.1. The van der Waals surface area contributed by atoms with Gasteiger partial charge in [0.15, 0.2) is 0 Å². The molecule has 4 aromatic heterocycles. The maximum absolute atomic E-state index is 14.3. The first-order chi connectivity index (χ1) is 23.4. The van der Waals surface area contributed by atoms with Crippen LogP contribution in [0.3, 0.4) is 0 Å². The number of primary amides is 1. The lowest BCUT2D eigenvalue weighted by Crippen LogP contribution is -2.58. The van der Waals surface area contributed by atoms with E-state index in [1.54, 1.807) is 35.0 Å². The van der Waals surface area contributed by atoms with Crippen LogP contribution in [0.2, 0.25) is 0 Å². The maximum Gasteiger partial charge on any atom is 0.404 e. The minimum absolute atomic E-state index is 0.0491. The van der Waals surface area contributed by atoms with E-state index < -0.39 is 12.2 Å². The summed E-state index contributed by atoms with van der Waals surface area (Å²) in [6.45, 7) is 10.5. The number of carbonyl (C=O) groups excluding carboxylic acids is 3. The SMILES string of the molecule is COc1cc(C(=O)N2CCC[C@@H](OC(N)=O)C2C(C)(C)C)cn2nc(-c3cc4ccnc(OCC5CNC(=O)C5)c4n3CC3CC3)c(C)c12. The number of ether oxygens (including phenoxy) is 3. The highest BCUT2D eigenvalue weighted by molar-refractivity contribution is 5.96. The quantitative estimate of drug-likeness (QED) is 0.259. The van der Waals surface area contributed by atoms with Crippen molar-refractivity contribution in [2.45, 2.75) is 78.5 Å². The zero-order valence-electron chi connectivity index (χ0n) is 28.8. The number of piperidine rings is 1. The summed E-state index contributed by atoms with van der Waals surface area (Å²) in [7, 11) is 1.60. The molecule has 2 saturated heterocycles. The van der Waals surface area contributed by atoms with Gasteiger partial charge in [-0.25, -0.2) is 14.3 Å². The first-order valence-corrected chi connectivity index (χ1v) is 17.1. The van der Waals surface area contributed by atoms with Crippen LogP contribution in [-0.2, 0) is 16.1 Å². The van der Waals surface area contributed by atoms with E-state index in [9.17, 15) is 14.4 Å². The van der Waals surface area contributed by atoms with Crippen molar-refractivity contribution in [1.82, 2.24) is 29.4 Å². The second-order valence-electron chi connectivity index (χ2n) is 14.8. The molecular weight excluding hydrogens is 626 g/mol. The van der Waals surface area contributed by atoms with Crippen LogP contribution in [0.4, 0.5) is 4.79 Å². The van der Waals surface area contributed by atoms with Crippen molar-refractivity contribution >= 4 is 34.3 Å². The van der Waals surface area contributed by atoms with Crippen molar-refractivity contribution in [2.24, 2.45) is 23.0 Å². The Hall–Kier alpha value is -4.81. The molecule has 0 radical (unpaired) electrons. The number of aryl methyl sites for hydroxylation is 1. The maximum atomic E-state index is 14.3. The second kappa shape index (κ2) is 12.6. The Morgan fingerprint density at radius 2 is 1.92 bits per heavy atom. The molecular formula is C36H45N7O6. The van der Waals surface area contributed by atoms with Gasteiger partial charge in [-0.05, 0) is 62.1 Å². The number of methoxy groups -OCH3 is 1. The van der Waals surface area contributed by atoms with Crippen LogP contribution in [0.5, 0.6) is 11.6 Å². The zero-order chi connectivity index (χ0) is 34.6. The average molecular weight is 672 g/mol. The van der Waals surface area contributed by atoms with Crippen LogP contribution < -0.4 is 20.5 Å². The first kappa shape index (κ1) is 32.7. The average Bonchev–Trinajstić information content (AvgIpc) is 3.52. The molecule has 260 valence electrons. The molecule has 0 bridgehead atoms. The Bertz CT molecular complexity index is 1940. The number of aromatic nitrogens is 4. The fraction of sp³-hybridized carbons (Fsp3) is 0.528. The Balaban J connectivity index is 1.28. The van der Waals surface area contributed by atoms with Gasteiger partial charge in [0.05, 0.1) is 31.0 Å². The molecule has 0 spiro atoms. The van der Waals surface area contributed by atoms with Gasteiger partial charge in [0.2, 0.25) is 11.8 Å². The molecule has 1 saturated carbocycles. The summed E-state index contributed by atoms with van der Waals surface area (Å²) in [6.07, 6.45) is 6.25. The molecule has 49 heavy (non-hydrogen) atoms. The third kappa shape index (κ3) is 6.26. The summed E-state index contributed by atoms with van der Waals surface area (Å²) in [4.78, 5) is 44.2. The van der Waals surface area contributed by atoms with Crippen molar-refractivity contribution in [2.75, 3.05) is 26.8 Å². The second-order valence-corrected chi connectivity index (χ2v) is 14.8. The lowest BCUT2D eigenvalue weighted by Gasteiger charge is -2.47. The van der Waals surface area contributed by atoms with Gasteiger partial charge in [0, 0.05) is 55.3 Å². The number of hydrogen-bond acceptors (Lipinski definition) is 8. The molecule has 4 aromatic rings. The molecule has 13 nitrogen and oxygen atoms in total. The zero-order valence-corrected chi connectivity index (χ0v) is 28.8. The van der Waals surface area contributed by atoms with E-state index in [1.807, 2.05) is 33.8 Å². The lowest BCUT2D eigenvalue weighted by molar-refractivity contribution is -0.119. The van der Waals surface area contributed by atoms with Gasteiger partial charge in [-0.2, -0.15) is 5.10 Å². The van der Waals surface area contributed by atoms with Gasteiger partial charge >= 0.3 is 6.09 Å². The van der Waals surface area contributed by atoms with Gasteiger partial charge in [0.25, 0.3) is 5.91 Å². The number of rotatable bonds is 9. The molecule has 3 amide bonds. The summed E-state index contributed by atoms with van der Waals surface area (Å²) in [5.74, 6) is 1.59. The van der Waals surface area contributed by atoms with Crippen LogP contribution in [0.1, 0.15) is 68.8 Å². The molecule has 6 heterocycles. The summed E-state index contributed by atoms with van der Waals surface area (Å²) in [6, 6.07) is 5.51. The van der Waals surface area contributed by atoms with Crippen molar-refractivity contribution in [3.05, 3.63) is 41.7 Å². The van der Waals surface area contributed by atoms with Gasteiger partial charge in [0.1, 0.15) is 28.6 Å². The number of nitrogens with two attached hydrogens (primary N) is 1. The van der Waals surface area contributed by atoms with Crippen LogP contribution in [0.15, 0.2) is 30.6 Å². The van der Waals surface area contributed by atoms with E-state index in [0.29, 0.717) is 62.1 Å². The summed E-state index contributed by atoms with van der Waals surface area (Å²) in [5, 5.41) is 8.95. The minimum Gasteiger partial charge on any atom is -0.494 e. The smallest absolute Gasteiger partial charge is 0.404 e. The van der Waals surface area contributed by atoms with Crippen molar-refractivity contribution in [3.8, 4) is 23.0 Å². The standard InChI is InChI=1S/C36H45N7O6/c1-20-29(25-14-23-10-11-38-33(31(23)42(25)17-21-8-9-21)48-19-22-13-28(44)39-16-22)40-43-18-24(15-27(47-5)30(20)43)34(45)41-12-6-7-26(49-35(37)46)32(41)36(2,3)4/h10-11,14-15,18,21-22,26,32H,6-9,12-13,16-17,19H2,1-5H3,(H2,37,46)(H,39,44)/t22?,26-,32?/m1/s1. The highest BCUT2D eigenvalue weighted by Crippen LogP contribution is 2.41. The molecule has 3 atom stereocenters. The van der Waals surface area contributed by atoms with E-state index in [0.717, 1.165) is 52.8 Å². The normalized spacial score (nSPS) is 21.3. The highest BCUT2D eigenvalue weighted by Gasteiger charge is 2.44. The summed E-state index contributed by atoms with van der Waals surface area (Å²) >= 11 is 0. The Kier molecular flexibility index (Phi) is 8.40. The summed E-state index contributed by atoms with van der Waals surface area (Å²) in [5.41, 5.74) is 9.78. The van der Waals surface area contributed by atoms with E-state index in [-0.39, 0.29) is 29.2 Å². The number of carbonyl (C=O) groups is 3. The number of likely N-dealkylation sites (tertiary alicyclic amines) is 1. The van der Waals surface area contributed by atoms with Crippen molar-refractivity contribution in [1.29, 1.82) is 0 Å². The Labute approximate surface area is 285 Å². The van der Waals surface area contributed by atoms with E-state index in [1.165, 1.54) is 0 Å². The number of amides is 3. The largest absolute Gasteiger partial charge is 0.494 e. The molecule has 2 unspecified atom stereocenters. The van der Waals surface area contributed by atoms with Gasteiger partial charge in [-0.1, -0.05) is 20.8 Å². The highest BCUT2D eigenvalue weighted by atomic mass is 16.6. The predicted molar refractivity (Wildman–Crippen MR) is 183 cm³/mol. The van der Waals surface area contributed by atoms with Gasteiger partial charge in [-0.3, -0.25) is 9.59 Å². The summed E-state index contributed by atoms with van der Waals surface area (Å²) < 4.78 is 21.7. The van der Waals surface area contributed by atoms with Crippen LogP contribution in [0.25, 0.3) is 27.8 Å². The van der Waals surface area contributed by atoms with E-state index >= 15 is 0 Å². The topological polar surface area (TPSA) is 155 Å². The number of nitrogens with one attached hydrogen (secondary N) is 1. The van der Waals surface area contributed by atoms with Crippen LogP contribution in [-0.4, -0.2) is 80.9 Å². The van der Waals surface area contributed by atoms with E-state index in [2.05, 4.69) is 20.9 Å². The molecule has 7 rings (SSSR count). The number of hydrogen-bond donors (Lipinski definition) is 2. The fourth-order valence-electron chi connectivity index (χ4n) is 7.67. The minimum atomic E-state index is -0.840. The predicted octanol–water partition coefficient (Wildman–Crippen LogP) is 4.71. The molecule has 3 aliphatic rings. The fourth-order valence-corrected chi connectivity index (χ4v) is 7.67. The molecule has 0 aromatic carbocycles. The monoisotopic (exact) mass is 671 g/mol. The van der Waals surface area contributed by atoms with Crippen molar-refractivity contribution < 1.29 is 28.6 Å². The molecule has 13 heteroatoms. The van der Waals surface area contributed by atoms with Gasteiger partial charge in [-0.15, -0.1) is 0 Å². The Morgan fingerprint density at radius 3 is 2.59 bits per heavy atom. The van der Waals surface area contributed by atoms with Crippen molar-refractivity contribution in [3.63, 3.8) is 0 Å². The Morgan fingerprint density at radius 1 is 1.12 bits per heavy atom. The molecule has 3 fully saturated rings. The van der Waals surface area contributed by atoms with Crippen LogP contribution in [0, 0.1) is 24.2 Å². The molecule has 3 N–H and O–H groups in total. The first-order valence-electron chi connectivity index (χ1n) is 17.1.